The van der Waals surface area contributed by atoms with Crippen molar-refractivity contribution in [1.82, 2.24) is 4.98 Å². The van der Waals surface area contributed by atoms with Gasteiger partial charge in [0.05, 0.1) is 11.1 Å². The molecule has 2 aromatic rings. The average Bonchev–Trinajstić information content (AvgIpc) is 2.69. The summed E-state index contributed by atoms with van der Waals surface area (Å²) in [5.41, 5.74) is 10.1. The zero-order valence-corrected chi connectivity index (χ0v) is 14.8. The van der Waals surface area contributed by atoms with Crippen molar-refractivity contribution in [3.63, 3.8) is 0 Å². The number of esters is 2. The molecular weight excluding hydrogens is 360 g/mol. The zero-order chi connectivity index (χ0) is 20.0. The highest BCUT2D eigenvalue weighted by atomic mass is 16.6. The van der Waals surface area contributed by atoms with Crippen molar-refractivity contribution in [1.29, 1.82) is 0 Å². The largest absolute Gasteiger partial charge is 0.429 e. The zero-order valence-electron chi connectivity index (χ0n) is 14.8. The molecule has 1 aliphatic rings. The molecular formula is C20H18N4O4. The lowest BCUT2D eigenvalue weighted by Crippen LogP contribution is -2.37. The van der Waals surface area contributed by atoms with Crippen LogP contribution < -0.4 is 16.2 Å². The number of guanidine groups is 1. The van der Waals surface area contributed by atoms with Crippen molar-refractivity contribution in [3.8, 4) is 5.75 Å². The van der Waals surface area contributed by atoms with E-state index < -0.39 is 17.7 Å². The monoisotopic (exact) mass is 378 g/mol. The lowest BCUT2D eigenvalue weighted by molar-refractivity contribution is -0.129. The molecule has 1 atom stereocenters. The van der Waals surface area contributed by atoms with Crippen LogP contribution in [0.1, 0.15) is 16.8 Å². The third kappa shape index (κ3) is 4.61. The lowest BCUT2D eigenvalue weighted by atomic mass is 9.99. The summed E-state index contributed by atoms with van der Waals surface area (Å²) < 4.78 is 10.8. The van der Waals surface area contributed by atoms with Crippen LogP contribution in [0.3, 0.4) is 0 Å². The molecule has 3 rings (SSSR count). The second-order valence-electron chi connectivity index (χ2n) is 5.91. The molecule has 142 valence electrons. The molecule has 1 heterocycles. The van der Waals surface area contributed by atoms with Gasteiger partial charge in [-0.3, -0.25) is 4.98 Å². The number of aromatic nitrogens is 1. The number of para-hydroxylation sites is 1. The second kappa shape index (κ2) is 8.17. The SMILES string of the molecule is NC(N)=NC1(OC(=O)c2cccnc2)C=CC(C(=O)Oc2ccccc2)=CC1. The minimum atomic E-state index is -1.46. The first kappa shape index (κ1) is 18.8. The van der Waals surface area contributed by atoms with E-state index in [-0.39, 0.29) is 17.9 Å². The molecule has 0 radical (unpaired) electrons. The smallest absolute Gasteiger partial charge is 0.343 e. The molecule has 1 aromatic heterocycles. The summed E-state index contributed by atoms with van der Waals surface area (Å²) in [4.78, 5) is 32.6. The molecule has 1 aromatic carbocycles. The van der Waals surface area contributed by atoms with Gasteiger partial charge in [0, 0.05) is 18.8 Å². The Bertz CT molecular complexity index is 951. The average molecular weight is 378 g/mol. The van der Waals surface area contributed by atoms with Gasteiger partial charge in [-0.15, -0.1) is 0 Å². The van der Waals surface area contributed by atoms with E-state index >= 15 is 0 Å². The fraction of sp³-hybridized carbons (Fsp3) is 0.100. The molecule has 0 spiro atoms. The maximum absolute atomic E-state index is 12.4. The van der Waals surface area contributed by atoms with E-state index in [1.165, 1.54) is 24.5 Å². The fourth-order valence-electron chi connectivity index (χ4n) is 2.52. The number of nitrogens with two attached hydrogens (primary N) is 2. The number of ether oxygens (including phenoxy) is 2. The Morgan fingerprint density at radius 1 is 1.07 bits per heavy atom. The molecule has 0 fully saturated rings. The molecule has 0 amide bonds. The third-order valence-electron chi connectivity index (χ3n) is 3.81. The number of hydrogen-bond donors (Lipinski definition) is 2. The topological polar surface area (TPSA) is 130 Å². The molecule has 1 aliphatic carbocycles. The van der Waals surface area contributed by atoms with Crippen LogP contribution in [0.15, 0.2) is 83.7 Å². The van der Waals surface area contributed by atoms with Crippen molar-refractivity contribution < 1.29 is 19.1 Å². The van der Waals surface area contributed by atoms with Gasteiger partial charge in [-0.1, -0.05) is 24.3 Å². The summed E-state index contributed by atoms with van der Waals surface area (Å²) >= 11 is 0. The van der Waals surface area contributed by atoms with Crippen LogP contribution in [0.4, 0.5) is 0 Å². The number of benzene rings is 1. The second-order valence-corrected chi connectivity index (χ2v) is 5.91. The minimum absolute atomic E-state index is 0.0621. The maximum Gasteiger partial charge on any atom is 0.343 e. The van der Waals surface area contributed by atoms with Crippen LogP contribution in [0, 0.1) is 0 Å². The van der Waals surface area contributed by atoms with Crippen molar-refractivity contribution >= 4 is 17.9 Å². The number of carbonyl (C=O) groups excluding carboxylic acids is 2. The molecule has 1 unspecified atom stereocenters. The molecule has 0 saturated heterocycles. The number of carbonyl (C=O) groups is 2. The molecule has 0 bridgehead atoms. The number of nitrogens with zero attached hydrogens (tertiary/aromatic N) is 2. The Hall–Kier alpha value is -3.94. The highest BCUT2D eigenvalue weighted by Crippen LogP contribution is 2.28. The number of rotatable bonds is 5. The first-order chi connectivity index (χ1) is 13.5. The lowest BCUT2D eigenvalue weighted by Gasteiger charge is -2.28. The first-order valence-electron chi connectivity index (χ1n) is 8.38. The number of aliphatic imine (C=N–C) groups is 1. The van der Waals surface area contributed by atoms with E-state index in [9.17, 15) is 9.59 Å². The number of hydrogen-bond acceptors (Lipinski definition) is 6. The Kier molecular flexibility index (Phi) is 5.50. The summed E-state index contributed by atoms with van der Waals surface area (Å²) in [5, 5.41) is 0. The summed E-state index contributed by atoms with van der Waals surface area (Å²) in [6, 6.07) is 11.8. The van der Waals surface area contributed by atoms with Gasteiger partial charge >= 0.3 is 11.9 Å². The van der Waals surface area contributed by atoms with Gasteiger partial charge in [-0.2, -0.15) is 0 Å². The van der Waals surface area contributed by atoms with Gasteiger partial charge in [0.2, 0.25) is 5.72 Å². The summed E-state index contributed by atoms with van der Waals surface area (Å²) in [6.45, 7) is 0. The van der Waals surface area contributed by atoms with Crippen molar-refractivity contribution in [3.05, 3.63) is 84.2 Å². The molecule has 8 heteroatoms. The van der Waals surface area contributed by atoms with E-state index in [2.05, 4.69) is 9.98 Å². The van der Waals surface area contributed by atoms with E-state index in [1.807, 2.05) is 6.07 Å². The van der Waals surface area contributed by atoms with Crippen LogP contribution in [0.5, 0.6) is 5.75 Å². The van der Waals surface area contributed by atoms with Crippen molar-refractivity contribution in [2.75, 3.05) is 0 Å². The number of pyridine rings is 1. The summed E-state index contributed by atoms with van der Waals surface area (Å²) in [6.07, 6.45) is 7.42. The van der Waals surface area contributed by atoms with E-state index in [0.717, 1.165) is 0 Å². The third-order valence-corrected chi connectivity index (χ3v) is 3.81. The van der Waals surface area contributed by atoms with E-state index in [1.54, 1.807) is 42.5 Å². The van der Waals surface area contributed by atoms with Gasteiger partial charge in [0.25, 0.3) is 0 Å². The normalized spacial score (nSPS) is 17.9. The van der Waals surface area contributed by atoms with Crippen LogP contribution in [-0.4, -0.2) is 28.6 Å². The van der Waals surface area contributed by atoms with Gasteiger partial charge < -0.3 is 20.9 Å². The van der Waals surface area contributed by atoms with Crippen LogP contribution in [0.25, 0.3) is 0 Å². The Morgan fingerprint density at radius 2 is 1.86 bits per heavy atom. The molecule has 8 nitrogen and oxygen atoms in total. The van der Waals surface area contributed by atoms with Crippen LogP contribution >= 0.6 is 0 Å². The molecule has 4 N–H and O–H groups in total. The Morgan fingerprint density at radius 3 is 2.46 bits per heavy atom. The van der Waals surface area contributed by atoms with Gasteiger partial charge in [-0.05, 0) is 36.4 Å². The van der Waals surface area contributed by atoms with Crippen molar-refractivity contribution in [2.24, 2.45) is 16.5 Å². The van der Waals surface area contributed by atoms with Gasteiger partial charge in [0.15, 0.2) is 5.96 Å². The quantitative estimate of drug-likeness (QED) is 0.350. The molecule has 0 saturated carbocycles. The van der Waals surface area contributed by atoms with Crippen LogP contribution in [-0.2, 0) is 9.53 Å². The molecule has 28 heavy (non-hydrogen) atoms. The Labute approximate surface area is 161 Å². The minimum Gasteiger partial charge on any atom is -0.429 e. The van der Waals surface area contributed by atoms with E-state index in [0.29, 0.717) is 11.3 Å². The standard InChI is InChI=1S/C20H18N4O4/c21-19(22)24-20(28-18(26)15-5-4-12-23-13-15)10-8-14(9-11-20)17(25)27-16-6-2-1-3-7-16/h1-10,12-13H,11H2,(H4,21,22,24). The predicted molar refractivity (Wildman–Crippen MR) is 102 cm³/mol. The first-order valence-corrected chi connectivity index (χ1v) is 8.38. The van der Waals surface area contributed by atoms with E-state index in [4.69, 9.17) is 20.9 Å². The highest BCUT2D eigenvalue weighted by Gasteiger charge is 2.34. The van der Waals surface area contributed by atoms with Gasteiger partial charge in [0.1, 0.15) is 5.75 Å². The maximum atomic E-state index is 12.4. The summed E-state index contributed by atoms with van der Waals surface area (Å²) in [7, 11) is 0. The highest BCUT2D eigenvalue weighted by molar-refractivity contribution is 5.94. The molecule has 0 aliphatic heterocycles. The Balaban J connectivity index is 1.76. The van der Waals surface area contributed by atoms with Crippen molar-refractivity contribution in [2.45, 2.75) is 12.1 Å². The summed E-state index contributed by atoms with van der Waals surface area (Å²) in [5.74, 6) is -1.02. The van der Waals surface area contributed by atoms with Crippen LogP contribution in [0.2, 0.25) is 0 Å². The van der Waals surface area contributed by atoms with Gasteiger partial charge in [-0.25, -0.2) is 14.6 Å². The predicted octanol–water partition coefficient (Wildman–Crippen LogP) is 1.70. The fourth-order valence-corrected chi connectivity index (χ4v) is 2.52.